The predicted molar refractivity (Wildman–Crippen MR) is 111 cm³/mol. The largest absolute Gasteiger partial charge is 0.355 e. The van der Waals surface area contributed by atoms with E-state index in [2.05, 4.69) is 16.3 Å². The van der Waals surface area contributed by atoms with Crippen molar-refractivity contribution in [2.75, 3.05) is 6.54 Å². The molecule has 5 rings (SSSR count). The summed E-state index contributed by atoms with van der Waals surface area (Å²) in [5.41, 5.74) is 2.36. The Morgan fingerprint density at radius 3 is 2.84 bits per heavy atom. The molecule has 1 aliphatic heterocycles. The number of amides is 1. The maximum atomic E-state index is 14.1. The van der Waals surface area contributed by atoms with Crippen LogP contribution in [0.4, 0.5) is 8.78 Å². The van der Waals surface area contributed by atoms with E-state index >= 15 is 0 Å². The summed E-state index contributed by atoms with van der Waals surface area (Å²) in [6.07, 6.45) is 3.77. The summed E-state index contributed by atoms with van der Waals surface area (Å²) >= 11 is 1.61. The smallest absolute Gasteiger partial charge is 0.276 e. The van der Waals surface area contributed by atoms with Gasteiger partial charge in [-0.2, -0.15) is 5.10 Å². The predicted octanol–water partition coefficient (Wildman–Crippen LogP) is 4.76. The van der Waals surface area contributed by atoms with E-state index < -0.39 is 11.6 Å². The first kappa shape index (κ1) is 19.6. The number of benzene rings is 1. The Balaban J connectivity index is 1.47. The van der Waals surface area contributed by atoms with Crippen LogP contribution in [0.1, 0.15) is 45.4 Å². The van der Waals surface area contributed by atoms with Crippen LogP contribution in [0.15, 0.2) is 52.6 Å². The van der Waals surface area contributed by atoms with Crippen molar-refractivity contribution < 1.29 is 18.1 Å². The number of rotatable bonds is 3. The zero-order valence-corrected chi connectivity index (χ0v) is 17.6. The van der Waals surface area contributed by atoms with Gasteiger partial charge in [0.05, 0.1) is 17.8 Å². The average Bonchev–Trinajstić information content (AvgIpc) is 3.48. The molecule has 31 heavy (non-hydrogen) atoms. The topological polar surface area (TPSA) is 64.2 Å². The van der Waals surface area contributed by atoms with Gasteiger partial charge in [-0.3, -0.25) is 9.48 Å². The van der Waals surface area contributed by atoms with Crippen LogP contribution in [0.25, 0.3) is 11.3 Å². The van der Waals surface area contributed by atoms with Gasteiger partial charge in [0.1, 0.15) is 11.6 Å². The molecular weight excluding hydrogens is 422 g/mol. The minimum Gasteiger partial charge on any atom is -0.355 e. The van der Waals surface area contributed by atoms with Crippen molar-refractivity contribution in [3.05, 3.63) is 81.4 Å². The molecule has 0 saturated carbocycles. The Kier molecular flexibility index (Phi) is 4.70. The molecule has 0 spiro atoms. The van der Waals surface area contributed by atoms with Crippen LogP contribution in [-0.2, 0) is 7.05 Å². The number of thiophene rings is 1. The van der Waals surface area contributed by atoms with Gasteiger partial charge < -0.3 is 9.42 Å². The van der Waals surface area contributed by atoms with Gasteiger partial charge in [0.25, 0.3) is 5.91 Å². The van der Waals surface area contributed by atoms with Gasteiger partial charge in [-0.05, 0) is 41.6 Å². The van der Waals surface area contributed by atoms with Crippen molar-refractivity contribution in [1.82, 2.24) is 19.8 Å². The number of nitrogens with zero attached hydrogens (tertiary/aromatic N) is 4. The van der Waals surface area contributed by atoms with Crippen LogP contribution in [0.3, 0.4) is 0 Å². The summed E-state index contributed by atoms with van der Waals surface area (Å²) < 4.78 is 34.3. The molecule has 0 N–H and O–H groups in total. The highest BCUT2D eigenvalue weighted by Crippen LogP contribution is 2.42. The molecule has 158 valence electrons. The molecule has 3 aromatic heterocycles. The fourth-order valence-corrected chi connectivity index (χ4v) is 5.09. The first-order valence-corrected chi connectivity index (χ1v) is 10.6. The Bertz CT molecular complexity index is 1280. The van der Waals surface area contributed by atoms with Crippen LogP contribution < -0.4 is 0 Å². The van der Waals surface area contributed by atoms with Crippen LogP contribution >= 0.6 is 11.3 Å². The summed E-state index contributed by atoms with van der Waals surface area (Å²) in [4.78, 5) is 16.2. The third-order valence-electron chi connectivity index (χ3n) is 5.64. The molecule has 0 bridgehead atoms. The van der Waals surface area contributed by atoms with Crippen molar-refractivity contribution in [2.24, 2.45) is 7.05 Å². The number of carbonyl (C=O) groups excluding carboxylic acids is 1. The Morgan fingerprint density at radius 2 is 2.10 bits per heavy atom. The standard InChI is InChI=1S/C22H18F2N4O2S/c1-12-21-15(5-6-31-21)17(13-9-25-27(2)10-13)11-28(12)22(29)19-8-20(30-26-19)16-4-3-14(23)7-18(16)24/h3-10,12,17H,11H2,1-2H3. The van der Waals surface area contributed by atoms with E-state index in [1.165, 1.54) is 17.7 Å². The molecule has 4 aromatic rings. The second kappa shape index (κ2) is 7.42. The number of carbonyl (C=O) groups is 1. The number of hydrogen-bond acceptors (Lipinski definition) is 5. The molecule has 2 atom stereocenters. The lowest BCUT2D eigenvalue weighted by molar-refractivity contribution is 0.0659. The molecule has 0 aliphatic carbocycles. The zero-order valence-electron chi connectivity index (χ0n) is 16.8. The van der Waals surface area contributed by atoms with E-state index in [-0.39, 0.29) is 34.9 Å². The first-order chi connectivity index (χ1) is 14.9. The van der Waals surface area contributed by atoms with Crippen LogP contribution in [-0.4, -0.2) is 32.3 Å². The average molecular weight is 440 g/mol. The summed E-state index contributed by atoms with van der Waals surface area (Å²) in [7, 11) is 1.86. The second-order valence-electron chi connectivity index (χ2n) is 7.57. The normalized spacial score (nSPS) is 18.3. The summed E-state index contributed by atoms with van der Waals surface area (Å²) in [6, 6.07) is 6.52. The van der Waals surface area contributed by atoms with Gasteiger partial charge in [-0.1, -0.05) is 5.16 Å². The number of fused-ring (bicyclic) bond motifs is 1. The van der Waals surface area contributed by atoms with Crippen LogP contribution in [0.2, 0.25) is 0 Å². The van der Waals surface area contributed by atoms with E-state index in [9.17, 15) is 13.6 Å². The molecule has 0 saturated heterocycles. The number of aryl methyl sites for hydroxylation is 1. The highest BCUT2D eigenvalue weighted by atomic mass is 32.1. The van der Waals surface area contributed by atoms with E-state index in [0.717, 1.165) is 22.6 Å². The third kappa shape index (κ3) is 3.34. The lowest BCUT2D eigenvalue weighted by Gasteiger charge is -2.37. The number of halogens is 2. The molecule has 0 fully saturated rings. The van der Waals surface area contributed by atoms with E-state index in [1.807, 2.05) is 31.7 Å². The SMILES string of the molecule is CC1c2sccc2C(c2cnn(C)c2)CN1C(=O)c1cc(-c2ccc(F)cc2F)on1. The molecule has 1 aromatic carbocycles. The molecule has 6 nitrogen and oxygen atoms in total. The van der Waals surface area contributed by atoms with Gasteiger partial charge in [0.2, 0.25) is 0 Å². The summed E-state index contributed by atoms with van der Waals surface area (Å²) in [5, 5.41) is 10.2. The molecule has 1 amide bonds. The summed E-state index contributed by atoms with van der Waals surface area (Å²) in [5.74, 6) is -1.70. The first-order valence-electron chi connectivity index (χ1n) is 9.71. The maximum Gasteiger partial charge on any atom is 0.276 e. The highest BCUT2D eigenvalue weighted by Gasteiger charge is 2.37. The van der Waals surface area contributed by atoms with Gasteiger partial charge >= 0.3 is 0 Å². The van der Waals surface area contributed by atoms with Gasteiger partial charge in [-0.25, -0.2) is 8.78 Å². The fourth-order valence-electron chi connectivity index (χ4n) is 4.06. The highest BCUT2D eigenvalue weighted by molar-refractivity contribution is 7.10. The quantitative estimate of drug-likeness (QED) is 0.461. The fraction of sp³-hybridized carbons (Fsp3) is 0.227. The van der Waals surface area contributed by atoms with E-state index in [4.69, 9.17) is 4.52 Å². The van der Waals surface area contributed by atoms with Crippen LogP contribution in [0.5, 0.6) is 0 Å². The van der Waals surface area contributed by atoms with Gasteiger partial charge in [0, 0.05) is 42.7 Å². The molecule has 0 radical (unpaired) electrons. The minimum atomic E-state index is -0.777. The van der Waals surface area contributed by atoms with Gasteiger partial charge in [0.15, 0.2) is 11.5 Å². The molecular formula is C22H18F2N4O2S. The lowest BCUT2D eigenvalue weighted by Crippen LogP contribution is -2.40. The molecule has 1 aliphatic rings. The molecule has 9 heteroatoms. The molecule has 2 unspecified atom stereocenters. The molecule has 4 heterocycles. The third-order valence-corrected chi connectivity index (χ3v) is 6.75. The van der Waals surface area contributed by atoms with Crippen molar-refractivity contribution in [1.29, 1.82) is 0 Å². The Morgan fingerprint density at radius 1 is 1.26 bits per heavy atom. The van der Waals surface area contributed by atoms with Crippen molar-refractivity contribution in [2.45, 2.75) is 18.9 Å². The Labute approximate surface area is 180 Å². The van der Waals surface area contributed by atoms with E-state index in [0.29, 0.717) is 6.54 Å². The zero-order chi connectivity index (χ0) is 21.7. The second-order valence-corrected chi connectivity index (χ2v) is 8.52. The lowest BCUT2D eigenvalue weighted by atomic mass is 9.87. The minimum absolute atomic E-state index is 0.00369. The monoisotopic (exact) mass is 440 g/mol. The van der Waals surface area contributed by atoms with Crippen molar-refractivity contribution in [3.8, 4) is 11.3 Å². The van der Waals surface area contributed by atoms with Gasteiger partial charge in [-0.15, -0.1) is 11.3 Å². The van der Waals surface area contributed by atoms with E-state index in [1.54, 1.807) is 20.9 Å². The number of aromatic nitrogens is 3. The van der Waals surface area contributed by atoms with Crippen molar-refractivity contribution >= 4 is 17.2 Å². The maximum absolute atomic E-state index is 14.1. The van der Waals surface area contributed by atoms with Crippen molar-refractivity contribution in [3.63, 3.8) is 0 Å². The summed E-state index contributed by atoms with van der Waals surface area (Å²) in [6.45, 7) is 2.44. The Hall–Kier alpha value is -3.33. The number of hydrogen-bond donors (Lipinski definition) is 0. The van der Waals surface area contributed by atoms with Crippen LogP contribution in [0, 0.1) is 11.6 Å².